The van der Waals surface area contributed by atoms with E-state index in [4.69, 9.17) is 9.47 Å². The summed E-state index contributed by atoms with van der Waals surface area (Å²) in [6.45, 7) is 5.13. The van der Waals surface area contributed by atoms with E-state index in [0.717, 1.165) is 16.7 Å². The summed E-state index contributed by atoms with van der Waals surface area (Å²) in [7, 11) is 0. The van der Waals surface area contributed by atoms with Gasteiger partial charge in [-0.25, -0.2) is 8.78 Å². The van der Waals surface area contributed by atoms with Gasteiger partial charge in [0.1, 0.15) is 47.5 Å². The van der Waals surface area contributed by atoms with Crippen LogP contribution in [0, 0.1) is 11.6 Å². The molecule has 38 heavy (non-hydrogen) atoms. The van der Waals surface area contributed by atoms with Crippen LogP contribution in [0.3, 0.4) is 0 Å². The Morgan fingerprint density at radius 2 is 1.24 bits per heavy atom. The molecule has 0 saturated carbocycles. The normalized spacial score (nSPS) is 19.7. The molecule has 0 radical (unpaired) electrons. The number of benzene rings is 3. The minimum absolute atomic E-state index is 0.293. The van der Waals surface area contributed by atoms with Crippen molar-refractivity contribution in [1.82, 2.24) is 4.90 Å². The molecule has 5 rings (SSSR count). The maximum Gasteiger partial charge on any atom is 0.126 e. The molecule has 204 valence electrons. The Kier molecular flexibility index (Phi) is 9.72. The first-order valence-corrected chi connectivity index (χ1v) is 13.5. The van der Waals surface area contributed by atoms with Gasteiger partial charge in [-0.05, 0) is 78.8 Å². The predicted octanol–water partition coefficient (Wildman–Crippen LogP) is 5.30. The van der Waals surface area contributed by atoms with Crippen LogP contribution in [-0.4, -0.2) is 52.6 Å². The van der Waals surface area contributed by atoms with E-state index < -0.39 is 24.4 Å². The maximum absolute atomic E-state index is 13.5. The van der Waals surface area contributed by atoms with Crippen LogP contribution in [0.4, 0.5) is 8.78 Å². The molecule has 3 aromatic rings. The molecule has 2 N–H and O–H groups in total. The van der Waals surface area contributed by atoms with E-state index in [2.05, 4.69) is 0 Å². The van der Waals surface area contributed by atoms with Crippen molar-refractivity contribution in [2.75, 3.05) is 13.1 Å². The van der Waals surface area contributed by atoms with Gasteiger partial charge in [0.25, 0.3) is 0 Å². The summed E-state index contributed by atoms with van der Waals surface area (Å²) in [6.07, 6.45) is -0.0167. The van der Waals surface area contributed by atoms with E-state index in [-0.39, 0.29) is 11.6 Å². The zero-order chi connectivity index (χ0) is 27.1. The fourth-order valence-corrected chi connectivity index (χ4v) is 5.11. The summed E-state index contributed by atoms with van der Waals surface area (Å²) in [5.41, 5.74) is 2.68. The van der Waals surface area contributed by atoms with Crippen molar-refractivity contribution in [3.8, 4) is 11.5 Å². The minimum atomic E-state index is -0.796. The van der Waals surface area contributed by atoms with E-state index >= 15 is 0 Å². The molecule has 2 aliphatic heterocycles. The van der Waals surface area contributed by atoms with Crippen LogP contribution in [0.25, 0.3) is 0 Å². The maximum atomic E-state index is 13.5. The summed E-state index contributed by atoms with van der Waals surface area (Å²) in [4.78, 5) is 2.01. The summed E-state index contributed by atoms with van der Waals surface area (Å²) in [6, 6.07) is 18.8. The number of aryl methyl sites for hydroxylation is 2. The highest BCUT2D eigenvalue weighted by atomic mass is 19.1. The number of rotatable bonds is 8. The molecule has 4 atom stereocenters. The van der Waals surface area contributed by atoms with Crippen molar-refractivity contribution in [1.29, 1.82) is 0 Å². The van der Waals surface area contributed by atoms with Crippen molar-refractivity contribution in [3.63, 3.8) is 0 Å². The molecule has 7 heteroatoms. The van der Waals surface area contributed by atoms with Gasteiger partial charge in [-0.3, -0.25) is 4.90 Å². The van der Waals surface area contributed by atoms with Gasteiger partial charge in [-0.1, -0.05) is 44.2 Å². The Morgan fingerprint density at radius 1 is 0.763 bits per heavy atom. The number of fused-ring (bicyclic) bond motifs is 2. The second-order valence-electron chi connectivity index (χ2n) is 9.71. The SMILES string of the molecule is CC.O[C@H](CN(Cc1ccccc1)C[C@@H](O)C1CCc2cc(F)ccc2O1)C1CCc2cc(F)ccc2O1. The number of hydrogen-bond acceptors (Lipinski definition) is 5. The average Bonchev–Trinajstić information content (AvgIpc) is 2.94. The first kappa shape index (κ1) is 28.0. The van der Waals surface area contributed by atoms with Gasteiger partial charge in [0, 0.05) is 19.6 Å². The first-order valence-electron chi connectivity index (χ1n) is 13.5. The van der Waals surface area contributed by atoms with E-state index in [1.807, 2.05) is 49.1 Å². The Morgan fingerprint density at radius 3 is 1.71 bits per heavy atom. The number of aliphatic hydroxyl groups is 2. The molecule has 0 aliphatic carbocycles. The summed E-state index contributed by atoms with van der Waals surface area (Å²) in [5.74, 6) is 0.619. The standard InChI is InChI=1S/C29H31F2NO4.C2H6/c30-22-8-12-26-20(14-22)6-10-28(35-26)24(33)17-32(16-19-4-2-1-3-5-19)18-25(34)29-11-7-21-15-23(31)9-13-27(21)36-29;1-2/h1-5,8-9,12-15,24-25,28-29,33-34H,6-7,10-11,16-18H2;1-2H3/t24-,25-,28?,29?;/m1./s1. The summed E-state index contributed by atoms with van der Waals surface area (Å²) < 4.78 is 39.1. The zero-order valence-electron chi connectivity index (χ0n) is 22.0. The number of nitrogens with zero attached hydrogens (tertiary/aromatic N) is 1. The monoisotopic (exact) mass is 525 g/mol. The van der Waals surface area contributed by atoms with Gasteiger partial charge in [0.15, 0.2) is 0 Å². The van der Waals surface area contributed by atoms with Gasteiger partial charge in [0.05, 0.1) is 0 Å². The molecule has 3 aromatic carbocycles. The van der Waals surface area contributed by atoms with E-state index in [0.29, 0.717) is 56.8 Å². The molecule has 2 aliphatic rings. The van der Waals surface area contributed by atoms with Gasteiger partial charge < -0.3 is 19.7 Å². The van der Waals surface area contributed by atoms with E-state index in [1.165, 1.54) is 24.3 Å². The molecule has 5 nitrogen and oxygen atoms in total. The van der Waals surface area contributed by atoms with Crippen LogP contribution < -0.4 is 9.47 Å². The van der Waals surface area contributed by atoms with Crippen molar-refractivity contribution in [2.24, 2.45) is 0 Å². The lowest BCUT2D eigenvalue weighted by Gasteiger charge is -2.35. The minimum Gasteiger partial charge on any atom is -0.487 e. The predicted molar refractivity (Wildman–Crippen MR) is 143 cm³/mol. The fraction of sp³-hybridized carbons (Fsp3) is 0.419. The van der Waals surface area contributed by atoms with E-state index in [1.54, 1.807) is 12.1 Å². The lowest BCUT2D eigenvalue weighted by atomic mass is 9.97. The van der Waals surface area contributed by atoms with Crippen LogP contribution >= 0.6 is 0 Å². The molecule has 2 unspecified atom stereocenters. The van der Waals surface area contributed by atoms with Crippen LogP contribution in [0.2, 0.25) is 0 Å². The first-order chi connectivity index (χ1) is 18.4. The molecular formula is C31H37F2NO4. The second-order valence-corrected chi connectivity index (χ2v) is 9.71. The largest absolute Gasteiger partial charge is 0.487 e. The Hall–Kier alpha value is -3.00. The van der Waals surface area contributed by atoms with Crippen LogP contribution in [0.1, 0.15) is 43.4 Å². The lowest BCUT2D eigenvalue weighted by molar-refractivity contribution is -0.0295. The average molecular weight is 526 g/mol. The second kappa shape index (κ2) is 13.2. The van der Waals surface area contributed by atoms with Crippen LogP contribution in [0.5, 0.6) is 11.5 Å². The molecule has 0 saturated heterocycles. The number of halogens is 2. The number of hydrogen-bond donors (Lipinski definition) is 2. The van der Waals surface area contributed by atoms with E-state index in [9.17, 15) is 19.0 Å². The van der Waals surface area contributed by atoms with Crippen molar-refractivity contribution >= 4 is 0 Å². The Labute approximate surface area is 223 Å². The smallest absolute Gasteiger partial charge is 0.126 e. The highest BCUT2D eigenvalue weighted by Gasteiger charge is 2.32. The molecule has 0 aromatic heterocycles. The molecule has 2 heterocycles. The Balaban J connectivity index is 0.00000164. The molecule has 0 fully saturated rings. The fourth-order valence-electron chi connectivity index (χ4n) is 5.11. The van der Waals surface area contributed by atoms with Crippen molar-refractivity contribution < 1.29 is 28.5 Å². The third-order valence-electron chi connectivity index (χ3n) is 7.00. The molecule has 0 spiro atoms. The topological polar surface area (TPSA) is 62.2 Å². The van der Waals surface area contributed by atoms with Gasteiger partial charge in [-0.2, -0.15) is 0 Å². The third-order valence-corrected chi connectivity index (χ3v) is 7.00. The number of ether oxygens (including phenoxy) is 2. The highest BCUT2D eigenvalue weighted by Crippen LogP contribution is 2.31. The summed E-state index contributed by atoms with van der Waals surface area (Å²) in [5, 5.41) is 22.2. The molecular weight excluding hydrogens is 488 g/mol. The van der Waals surface area contributed by atoms with Crippen LogP contribution in [-0.2, 0) is 19.4 Å². The molecule has 0 bridgehead atoms. The van der Waals surface area contributed by atoms with Crippen molar-refractivity contribution in [3.05, 3.63) is 95.1 Å². The van der Waals surface area contributed by atoms with Gasteiger partial charge in [0.2, 0.25) is 0 Å². The van der Waals surface area contributed by atoms with Crippen LogP contribution in [0.15, 0.2) is 66.7 Å². The highest BCUT2D eigenvalue weighted by molar-refractivity contribution is 5.37. The third kappa shape index (κ3) is 7.10. The summed E-state index contributed by atoms with van der Waals surface area (Å²) >= 11 is 0. The zero-order valence-corrected chi connectivity index (χ0v) is 22.0. The number of aliphatic hydroxyl groups excluding tert-OH is 2. The van der Waals surface area contributed by atoms with Gasteiger partial charge >= 0.3 is 0 Å². The lowest BCUT2D eigenvalue weighted by Crippen LogP contribution is -2.48. The quantitative estimate of drug-likeness (QED) is 0.418. The van der Waals surface area contributed by atoms with Gasteiger partial charge in [-0.15, -0.1) is 0 Å². The Bertz CT molecular complexity index is 1100. The molecule has 0 amide bonds. The van der Waals surface area contributed by atoms with Crippen molar-refractivity contribution in [2.45, 2.75) is 70.5 Å².